The number of hydrogen-bond donors (Lipinski definition) is 0. The molecule has 1 aromatic heterocycles. The molecule has 11 heavy (non-hydrogen) atoms. The molecule has 0 saturated carbocycles. The van der Waals surface area contributed by atoms with Crippen LogP contribution in [0.15, 0.2) is 5.38 Å². The molecule has 1 heterocycles. The van der Waals surface area contributed by atoms with Crippen LogP contribution in [0.1, 0.15) is 12.6 Å². The van der Waals surface area contributed by atoms with Gasteiger partial charge in [-0.15, -0.1) is 5.10 Å². The van der Waals surface area contributed by atoms with E-state index in [9.17, 15) is 8.42 Å². The molecule has 62 valence electrons. The number of rotatable bonds is 3. The fourth-order valence-corrected chi connectivity index (χ4v) is 1.93. The minimum atomic E-state index is -2.94. The van der Waals surface area contributed by atoms with Gasteiger partial charge in [-0.3, -0.25) is 0 Å². The van der Waals surface area contributed by atoms with Gasteiger partial charge in [-0.1, -0.05) is 11.4 Å². The van der Waals surface area contributed by atoms with Gasteiger partial charge >= 0.3 is 0 Å². The first-order valence-corrected chi connectivity index (χ1v) is 5.76. The van der Waals surface area contributed by atoms with Gasteiger partial charge in [0.1, 0.15) is 0 Å². The zero-order valence-corrected chi connectivity index (χ0v) is 7.65. The minimum absolute atomic E-state index is 0.0139. The van der Waals surface area contributed by atoms with Crippen LogP contribution in [-0.4, -0.2) is 23.8 Å². The molecule has 0 bridgehead atoms. The molecule has 0 saturated heterocycles. The number of aromatic nitrogens is 2. The van der Waals surface area contributed by atoms with Crippen molar-refractivity contribution in [1.29, 1.82) is 0 Å². The van der Waals surface area contributed by atoms with Crippen LogP contribution in [0.4, 0.5) is 0 Å². The molecule has 1 aromatic rings. The third-order valence-corrected chi connectivity index (χ3v) is 3.38. The van der Waals surface area contributed by atoms with Crippen molar-refractivity contribution in [3.63, 3.8) is 0 Å². The summed E-state index contributed by atoms with van der Waals surface area (Å²) in [6.45, 7) is 1.62. The molecule has 0 atom stereocenters. The van der Waals surface area contributed by atoms with Gasteiger partial charge in [-0.05, 0) is 11.5 Å². The van der Waals surface area contributed by atoms with Crippen LogP contribution in [0.3, 0.4) is 0 Å². The monoisotopic (exact) mass is 192 g/mol. The standard InChI is InChI=1S/C5H8N2O2S2/c1-2-11(8,9)4-5-3-10-7-6-5/h3H,2,4H2,1H3. The number of hydrogen-bond acceptors (Lipinski definition) is 5. The Morgan fingerprint density at radius 2 is 2.36 bits per heavy atom. The molecule has 0 aliphatic heterocycles. The van der Waals surface area contributed by atoms with E-state index in [1.807, 2.05) is 0 Å². The molecular formula is C5H8N2O2S2. The Bertz CT molecular complexity index is 303. The highest BCUT2D eigenvalue weighted by Gasteiger charge is 2.10. The summed E-state index contributed by atoms with van der Waals surface area (Å²) in [5.74, 6) is 0.171. The molecule has 6 heteroatoms. The van der Waals surface area contributed by atoms with E-state index in [4.69, 9.17) is 0 Å². The maximum atomic E-state index is 11.0. The first kappa shape index (κ1) is 8.61. The Morgan fingerprint density at radius 3 is 2.82 bits per heavy atom. The van der Waals surface area contributed by atoms with Crippen LogP contribution in [0.5, 0.6) is 0 Å². The normalized spacial score (nSPS) is 11.7. The molecular weight excluding hydrogens is 184 g/mol. The molecule has 0 N–H and O–H groups in total. The minimum Gasteiger partial charge on any atom is -0.228 e. The van der Waals surface area contributed by atoms with Crippen LogP contribution in [0.2, 0.25) is 0 Å². The highest BCUT2D eigenvalue weighted by molar-refractivity contribution is 7.90. The first-order chi connectivity index (χ1) is 5.14. The van der Waals surface area contributed by atoms with Gasteiger partial charge in [0.15, 0.2) is 9.84 Å². The van der Waals surface area contributed by atoms with E-state index in [-0.39, 0.29) is 11.5 Å². The van der Waals surface area contributed by atoms with Crippen molar-refractivity contribution in [2.24, 2.45) is 0 Å². The molecule has 0 aliphatic carbocycles. The fourth-order valence-electron chi connectivity index (χ4n) is 0.574. The lowest BCUT2D eigenvalue weighted by Gasteiger charge is -1.94. The number of nitrogens with zero attached hydrogens (tertiary/aromatic N) is 2. The second-order valence-corrected chi connectivity index (χ2v) is 5.04. The zero-order valence-electron chi connectivity index (χ0n) is 6.02. The van der Waals surface area contributed by atoms with Crippen molar-refractivity contribution in [3.8, 4) is 0 Å². The van der Waals surface area contributed by atoms with Crippen LogP contribution >= 0.6 is 11.5 Å². The Balaban J connectivity index is 2.72. The third kappa shape index (κ3) is 2.55. The average molecular weight is 192 g/mol. The van der Waals surface area contributed by atoms with Crippen LogP contribution in [-0.2, 0) is 15.6 Å². The quantitative estimate of drug-likeness (QED) is 0.698. The van der Waals surface area contributed by atoms with Crippen molar-refractivity contribution < 1.29 is 8.42 Å². The van der Waals surface area contributed by atoms with Gasteiger partial charge in [0, 0.05) is 11.1 Å². The molecule has 1 rings (SSSR count). The van der Waals surface area contributed by atoms with Gasteiger partial charge < -0.3 is 0 Å². The Hall–Kier alpha value is -0.490. The maximum Gasteiger partial charge on any atom is 0.155 e. The fraction of sp³-hybridized carbons (Fsp3) is 0.600. The maximum absolute atomic E-state index is 11.0. The van der Waals surface area contributed by atoms with Crippen LogP contribution in [0, 0.1) is 0 Å². The van der Waals surface area contributed by atoms with E-state index in [0.717, 1.165) is 0 Å². The third-order valence-electron chi connectivity index (χ3n) is 1.21. The van der Waals surface area contributed by atoms with Crippen LogP contribution in [0.25, 0.3) is 0 Å². The zero-order chi connectivity index (χ0) is 8.32. The topological polar surface area (TPSA) is 59.9 Å². The van der Waals surface area contributed by atoms with Gasteiger partial charge in [-0.2, -0.15) is 0 Å². The summed E-state index contributed by atoms with van der Waals surface area (Å²) in [6.07, 6.45) is 0. The SMILES string of the molecule is CCS(=O)(=O)Cc1csnn1. The van der Waals surface area contributed by atoms with Gasteiger partial charge in [0.25, 0.3) is 0 Å². The molecule has 0 unspecified atom stereocenters. The Morgan fingerprint density at radius 1 is 1.64 bits per heavy atom. The van der Waals surface area contributed by atoms with Crippen LogP contribution < -0.4 is 0 Å². The van der Waals surface area contributed by atoms with E-state index in [1.54, 1.807) is 12.3 Å². The summed E-state index contributed by atoms with van der Waals surface area (Å²) < 4.78 is 25.6. The molecule has 4 nitrogen and oxygen atoms in total. The molecule has 0 aliphatic rings. The van der Waals surface area contributed by atoms with E-state index in [2.05, 4.69) is 9.59 Å². The second kappa shape index (κ2) is 3.27. The van der Waals surface area contributed by atoms with Crippen molar-refractivity contribution in [1.82, 2.24) is 9.59 Å². The summed E-state index contributed by atoms with van der Waals surface area (Å²) in [6, 6.07) is 0. The van der Waals surface area contributed by atoms with E-state index < -0.39 is 9.84 Å². The van der Waals surface area contributed by atoms with Crippen molar-refractivity contribution in [2.75, 3.05) is 5.75 Å². The highest BCUT2D eigenvalue weighted by Crippen LogP contribution is 2.03. The van der Waals surface area contributed by atoms with Crippen molar-refractivity contribution in [2.45, 2.75) is 12.7 Å². The summed E-state index contributed by atoms with van der Waals surface area (Å²) >= 11 is 1.17. The second-order valence-electron chi connectivity index (χ2n) is 2.07. The highest BCUT2D eigenvalue weighted by atomic mass is 32.2. The lowest BCUT2D eigenvalue weighted by atomic mass is 10.6. The Kier molecular flexibility index (Phi) is 2.56. The predicted octanol–water partition coefficient (Wildman–Crippen LogP) is 0.473. The first-order valence-electron chi connectivity index (χ1n) is 3.10. The lowest BCUT2D eigenvalue weighted by Crippen LogP contribution is -2.06. The summed E-state index contributed by atoms with van der Waals surface area (Å²) in [5, 5.41) is 5.28. The van der Waals surface area contributed by atoms with Gasteiger partial charge in [0.05, 0.1) is 11.4 Å². The molecule has 0 spiro atoms. The van der Waals surface area contributed by atoms with E-state index in [1.165, 1.54) is 11.5 Å². The average Bonchev–Trinajstić information content (AvgIpc) is 2.39. The van der Waals surface area contributed by atoms with Crippen molar-refractivity contribution >= 4 is 21.4 Å². The molecule has 0 radical (unpaired) electrons. The molecule has 0 aromatic carbocycles. The lowest BCUT2D eigenvalue weighted by molar-refractivity contribution is 0.595. The van der Waals surface area contributed by atoms with Crippen molar-refractivity contribution in [3.05, 3.63) is 11.1 Å². The molecule has 0 fully saturated rings. The summed E-state index contributed by atoms with van der Waals surface area (Å²) in [4.78, 5) is 0. The molecule has 0 amide bonds. The number of sulfone groups is 1. The predicted molar refractivity (Wildman–Crippen MR) is 43.1 cm³/mol. The smallest absolute Gasteiger partial charge is 0.155 e. The van der Waals surface area contributed by atoms with E-state index >= 15 is 0 Å². The van der Waals surface area contributed by atoms with Gasteiger partial charge in [0.2, 0.25) is 0 Å². The van der Waals surface area contributed by atoms with Gasteiger partial charge in [-0.25, -0.2) is 8.42 Å². The largest absolute Gasteiger partial charge is 0.228 e. The summed E-state index contributed by atoms with van der Waals surface area (Å²) in [7, 11) is -2.94. The summed E-state index contributed by atoms with van der Waals surface area (Å²) in [5.41, 5.74) is 0.539. The van der Waals surface area contributed by atoms with E-state index in [0.29, 0.717) is 5.69 Å². The Labute approximate surface area is 69.3 Å².